The number of alkyl halides is 2. The molecule has 1 saturated heterocycles. The maximum absolute atomic E-state index is 13.3. The molecule has 3 heterocycles. The van der Waals surface area contributed by atoms with Crippen LogP contribution < -0.4 is 0 Å². The molecule has 7 heteroatoms. The number of fused-ring (bicyclic) bond motifs is 1. The highest BCUT2D eigenvalue weighted by molar-refractivity contribution is 8.00. The van der Waals surface area contributed by atoms with Gasteiger partial charge in [-0.2, -0.15) is 5.10 Å². The molecule has 2 aromatic rings. The minimum absolute atomic E-state index is 0.00269. The van der Waals surface area contributed by atoms with Crippen LogP contribution in [0.2, 0.25) is 0 Å². The molecule has 2 aromatic heterocycles. The Kier molecular flexibility index (Phi) is 4.47. The number of pyridine rings is 1. The number of rotatable bonds is 3. The molecule has 130 valence electrons. The molecule has 2 aliphatic rings. The van der Waals surface area contributed by atoms with Gasteiger partial charge in [0, 0.05) is 41.2 Å². The summed E-state index contributed by atoms with van der Waals surface area (Å²) in [6.45, 7) is 0.770. The molecule has 1 aliphatic carbocycles. The van der Waals surface area contributed by atoms with E-state index >= 15 is 0 Å². The van der Waals surface area contributed by atoms with Gasteiger partial charge in [0.05, 0.1) is 6.20 Å². The summed E-state index contributed by atoms with van der Waals surface area (Å²) in [6.07, 6.45) is 7.95. The number of hydrogen-bond donors (Lipinski definition) is 0. The lowest BCUT2D eigenvalue weighted by Gasteiger charge is -2.27. The second-order valence-corrected chi connectivity index (χ2v) is 8.04. The maximum Gasteiger partial charge on any atom is 0.248 e. The zero-order valence-electron chi connectivity index (χ0n) is 13.5. The number of hydrogen-bond acceptors (Lipinski definition) is 4. The van der Waals surface area contributed by atoms with Gasteiger partial charge < -0.3 is 4.74 Å². The second-order valence-electron chi connectivity index (χ2n) is 6.67. The summed E-state index contributed by atoms with van der Waals surface area (Å²) in [4.78, 5) is 5.59. The van der Waals surface area contributed by atoms with Crippen molar-refractivity contribution in [3.05, 3.63) is 18.5 Å². The Morgan fingerprint density at radius 1 is 1.17 bits per heavy atom. The molecule has 24 heavy (non-hydrogen) atoms. The number of ether oxygens (including phenoxy) is 1. The number of aromatic nitrogens is 3. The lowest BCUT2D eigenvalue weighted by molar-refractivity contribution is -0.0370. The highest BCUT2D eigenvalue weighted by Crippen LogP contribution is 2.40. The van der Waals surface area contributed by atoms with Gasteiger partial charge >= 0.3 is 0 Å². The van der Waals surface area contributed by atoms with Gasteiger partial charge in [-0.1, -0.05) is 0 Å². The van der Waals surface area contributed by atoms with E-state index in [0.717, 1.165) is 41.8 Å². The Bertz CT molecular complexity index is 705. The smallest absolute Gasteiger partial charge is 0.248 e. The number of thioether (sulfide) groups is 1. The minimum Gasteiger partial charge on any atom is -0.356 e. The summed E-state index contributed by atoms with van der Waals surface area (Å²) >= 11 is 1.66. The zero-order valence-corrected chi connectivity index (χ0v) is 14.3. The highest BCUT2D eigenvalue weighted by Gasteiger charge is 2.35. The minimum atomic E-state index is -2.47. The molecular weight excluding hydrogens is 332 g/mol. The van der Waals surface area contributed by atoms with Gasteiger partial charge in [-0.05, 0) is 38.2 Å². The van der Waals surface area contributed by atoms with Crippen molar-refractivity contribution in [1.82, 2.24) is 14.8 Å². The van der Waals surface area contributed by atoms with Crippen LogP contribution in [-0.2, 0) is 4.74 Å². The van der Waals surface area contributed by atoms with Gasteiger partial charge in [-0.3, -0.25) is 0 Å². The third kappa shape index (κ3) is 3.42. The molecule has 0 radical (unpaired) electrons. The van der Waals surface area contributed by atoms with Crippen LogP contribution in [0.15, 0.2) is 23.4 Å². The Hall–Kier alpha value is -1.21. The van der Waals surface area contributed by atoms with Crippen molar-refractivity contribution in [2.45, 2.75) is 67.2 Å². The Balaban J connectivity index is 1.48. The largest absolute Gasteiger partial charge is 0.356 e. The molecule has 1 aliphatic heterocycles. The van der Waals surface area contributed by atoms with Crippen molar-refractivity contribution >= 4 is 22.8 Å². The van der Waals surface area contributed by atoms with Crippen molar-refractivity contribution < 1.29 is 13.5 Å². The maximum atomic E-state index is 13.3. The van der Waals surface area contributed by atoms with Crippen molar-refractivity contribution in [1.29, 1.82) is 0 Å². The summed E-state index contributed by atoms with van der Waals surface area (Å²) in [7, 11) is 0. The standard InChI is InChI=1S/C17H21F2N3OS/c18-17(19)6-4-13(5-7-17)24-14-9-12-10-21-22(16(12)20-11-14)15-3-1-2-8-23-15/h9-11,13,15H,1-8H2. The van der Waals surface area contributed by atoms with Gasteiger partial charge in [0.1, 0.15) is 0 Å². The van der Waals surface area contributed by atoms with E-state index in [1.165, 1.54) is 0 Å². The molecule has 4 nitrogen and oxygen atoms in total. The van der Waals surface area contributed by atoms with Crippen LogP contribution in [0.3, 0.4) is 0 Å². The van der Waals surface area contributed by atoms with Crippen LogP contribution in [0.4, 0.5) is 8.78 Å². The Morgan fingerprint density at radius 2 is 2.00 bits per heavy atom. The van der Waals surface area contributed by atoms with E-state index in [0.29, 0.717) is 12.8 Å². The van der Waals surface area contributed by atoms with Gasteiger partial charge in [-0.25, -0.2) is 18.4 Å². The Morgan fingerprint density at radius 3 is 2.75 bits per heavy atom. The molecule has 0 spiro atoms. The van der Waals surface area contributed by atoms with Crippen molar-refractivity contribution in [3.8, 4) is 0 Å². The van der Waals surface area contributed by atoms with Crippen LogP contribution in [-0.4, -0.2) is 32.5 Å². The molecule has 2 fully saturated rings. The van der Waals surface area contributed by atoms with E-state index in [4.69, 9.17) is 4.74 Å². The fourth-order valence-electron chi connectivity index (χ4n) is 3.44. The average Bonchev–Trinajstić information content (AvgIpc) is 3.01. The highest BCUT2D eigenvalue weighted by atomic mass is 32.2. The molecule has 0 N–H and O–H groups in total. The van der Waals surface area contributed by atoms with Crippen LogP contribution in [0.25, 0.3) is 11.0 Å². The summed E-state index contributed by atoms with van der Waals surface area (Å²) in [6, 6.07) is 2.06. The van der Waals surface area contributed by atoms with E-state index in [1.54, 1.807) is 11.8 Å². The van der Waals surface area contributed by atoms with Crippen molar-refractivity contribution in [2.75, 3.05) is 6.61 Å². The van der Waals surface area contributed by atoms with Crippen LogP contribution in [0, 0.1) is 0 Å². The SMILES string of the molecule is FC1(F)CCC(Sc2cnc3c(cnn3C3CCCCO3)c2)CC1. The number of halogens is 2. The molecule has 4 rings (SSSR count). The van der Waals surface area contributed by atoms with E-state index in [9.17, 15) is 8.78 Å². The summed E-state index contributed by atoms with van der Waals surface area (Å²) in [5.74, 6) is -2.47. The van der Waals surface area contributed by atoms with Gasteiger partial charge in [-0.15, -0.1) is 11.8 Å². The molecule has 0 aromatic carbocycles. The fraction of sp³-hybridized carbons (Fsp3) is 0.647. The summed E-state index contributed by atoms with van der Waals surface area (Å²) in [5, 5.41) is 5.68. The lowest BCUT2D eigenvalue weighted by Crippen LogP contribution is -2.25. The quantitative estimate of drug-likeness (QED) is 0.795. The fourth-order valence-corrected chi connectivity index (χ4v) is 4.60. The molecular formula is C17H21F2N3OS. The number of nitrogens with zero attached hydrogens (tertiary/aromatic N) is 3. The molecule has 0 amide bonds. The van der Waals surface area contributed by atoms with Crippen LogP contribution >= 0.6 is 11.8 Å². The van der Waals surface area contributed by atoms with Crippen molar-refractivity contribution in [3.63, 3.8) is 0 Å². The van der Waals surface area contributed by atoms with Crippen molar-refractivity contribution in [2.24, 2.45) is 0 Å². The molecule has 1 unspecified atom stereocenters. The average molecular weight is 353 g/mol. The first-order chi connectivity index (χ1) is 11.6. The predicted molar refractivity (Wildman–Crippen MR) is 89.4 cm³/mol. The Labute approximate surface area is 144 Å². The van der Waals surface area contributed by atoms with E-state index in [-0.39, 0.29) is 24.3 Å². The summed E-state index contributed by atoms with van der Waals surface area (Å²) < 4.78 is 34.2. The topological polar surface area (TPSA) is 39.9 Å². The van der Waals surface area contributed by atoms with E-state index in [1.807, 2.05) is 17.1 Å². The van der Waals surface area contributed by atoms with Gasteiger partial charge in [0.25, 0.3) is 0 Å². The van der Waals surface area contributed by atoms with Gasteiger partial charge in [0.2, 0.25) is 5.92 Å². The lowest BCUT2D eigenvalue weighted by atomic mass is 9.96. The third-order valence-electron chi connectivity index (χ3n) is 4.80. The first kappa shape index (κ1) is 16.3. The second kappa shape index (κ2) is 6.59. The first-order valence-corrected chi connectivity index (χ1v) is 9.48. The van der Waals surface area contributed by atoms with E-state index < -0.39 is 5.92 Å². The van der Waals surface area contributed by atoms with Crippen LogP contribution in [0.5, 0.6) is 0 Å². The predicted octanol–water partition coefficient (Wildman–Crippen LogP) is 4.80. The molecule has 0 bridgehead atoms. The third-order valence-corrected chi connectivity index (χ3v) is 6.10. The van der Waals surface area contributed by atoms with Crippen LogP contribution in [0.1, 0.15) is 51.2 Å². The molecule has 1 atom stereocenters. The monoisotopic (exact) mass is 353 g/mol. The summed E-state index contributed by atoms with van der Waals surface area (Å²) in [5.41, 5.74) is 0.835. The van der Waals surface area contributed by atoms with E-state index in [2.05, 4.69) is 16.1 Å². The van der Waals surface area contributed by atoms with Gasteiger partial charge in [0.15, 0.2) is 11.9 Å². The normalized spacial score (nSPS) is 25.2. The first-order valence-electron chi connectivity index (χ1n) is 8.60. The zero-order chi connectivity index (χ0) is 16.6. The molecule has 1 saturated carbocycles.